The van der Waals surface area contributed by atoms with Crippen LogP contribution in [0.25, 0.3) is 0 Å². The zero-order valence-corrected chi connectivity index (χ0v) is 11.8. The molecule has 1 aliphatic rings. The second kappa shape index (κ2) is 5.11. The fraction of sp³-hybridized carbons (Fsp3) is 0.867. The summed E-state index contributed by atoms with van der Waals surface area (Å²) in [7, 11) is 0. The largest absolute Gasteiger partial charge is 0.396 e. The van der Waals surface area contributed by atoms with Crippen LogP contribution in [-0.4, -0.2) is 22.4 Å². The normalized spacial score (nSPS) is 34.7. The molecule has 0 amide bonds. The molecule has 0 unspecified atom stereocenters. The molecule has 100 valence electrons. The smallest absolute Gasteiger partial charge is 0.0620 e. The predicted octanol–water partition coefficient (Wildman–Crippen LogP) is 3.14. The van der Waals surface area contributed by atoms with Crippen molar-refractivity contribution in [3.63, 3.8) is 0 Å². The van der Waals surface area contributed by atoms with Gasteiger partial charge in [-0.25, -0.2) is 0 Å². The maximum atomic E-state index is 10.2. The van der Waals surface area contributed by atoms with E-state index in [0.717, 1.165) is 25.7 Å². The molecule has 1 saturated carbocycles. The molecule has 0 aliphatic heterocycles. The fourth-order valence-corrected chi connectivity index (χ4v) is 3.36. The zero-order valence-electron chi connectivity index (χ0n) is 11.8. The van der Waals surface area contributed by atoms with Crippen LogP contribution in [0.1, 0.15) is 53.4 Å². The number of aliphatic hydroxyl groups is 2. The lowest BCUT2D eigenvalue weighted by Gasteiger charge is -2.47. The average Bonchev–Trinajstić information content (AvgIpc) is 2.15. The van der Waals surface area contributed by atoms with Crippen molar-refractivity contribution in [2.24, 2.45) is 17.3 Å². The molecule has 1 aliphatic carbocycles. The van der Waals surface area contributed by atoms with E-state index in [4.69, 9.17) is 0 Å². The predicted molar refractivity (Wildman–Crippen MR) is 71.8 cm³/mol. The van der Waals surface area contributed by atoms with Gasteiger partial charge in [-0.05, 0) is 63.7 Å². The Kier molecular flexibility index (Phi) is 4.43. The van der Waals surface area contributed by atoms with E-state index in [2.05, 4.69) is 20.4 Å². The number of allylic oxidation sites excluding steroid dienone is 1. The highest BCUT2D eigenvalue weighted by atomic mass is 16.3. The Labute approximate surface area is 106 Å². The van der Waals surface area contributed by atoms with Crippen molar-refractivity contribution < 1.29 is 10.2 Å². The SMILES string of the molecule is C=C(C)[C@@H]1C[C@H](C(C)(C)O)CC[C@@]1(C)CCO. The van der Waals surface area contributed by atoms with Crippen molar-refractivity contribution in [1.29, 1.82) is 0 Å². The Bertz CT molecular complexity index is 277. The summed E-state index contributed by atoms with van der Waals surface area (Å²) >= 11 is 0. The van der Waals surface area contributed by atoms with Crippen molar-refractivity contribution in [1.82, 2.24) is 0 Å². The van der Waals surface area contributed by atoms with E-state index >= 15 is 0 Å². The van der Waals surface area contributed by atoms with Crippen LogP contribution in [-0.2, 0) is 0 Å². The Hall–Kier alpha value is -0.340. The monoisotopic (exact) mass is 240 g/mol. The third-order valence-electron chi connectivity index (χ3n) is 4.70. The Morgan fingerprint density at radius 3 is 2.47 bits per heavy atom. The second-order valence-corrected chi connectivity index (χ2v) is 6.65. The van der Waals surface area contributed by atoms with Crippen molar-refractivity contribution in [3.05, 3.63) is 12.2 Å². The molecular weight excluding hydrogens is 212 g/mol. The van der Waals surface area contributed by atoms with Gasteiger partial charge in [0.05, 0.1) is 5.60 Å². The summed E-state index contributed by atoms with van der Waals surface area (Å²) in [6, 6.07) is 0. The minimum atomic E-state index is -0.603. The van der Waals surface area contributed by atoms with Crippen LogP contribution < -0.4 is 0 Å². The molecule has 1 fully saturated rings. The highest BCUT2D eigenvalue weighted by Gasteiger charge is 2.43. The molecule has 0 radical (unpaired) electrons. The van der Waals surface area contributed by atoms with Crippen LogP contribution >= 0.6 is 0 Å². The lowest BCUT2D eigenvalue weighted by molar-refractivity contribution is -0.0384. The van der Waals surface area contributed by atoms with Crippen molar-refractivity contribution in [2.45, 2.75) is 59.0 Å². The van der Waals surface area contributed by atoms with Crippen molar-refractivity contribution in [2.75, 3.05) is 6.61 Å². The van der Waals surface area contributed by atoms with Gasteiger partial charge >= 0.3 is 0 Å². The highest BCUT2D eigenvalue weighted by Crippen LogP contribution is 2.50. The summed E-state index contributed by atoms with van der Waals surface area (Å²) in [5, 5.41) is 19.4. The fourth-order valence-electron chi connectivity index (χ4n) is 3.36. The van der Waals surface area contributed by atoms with Gasteiger partial charge in [0.15, 0.2) is 0 Å². The Morgan fingerprint density at radius 2 is 2.06 bits per heavy atom. The van der Waals surface area contributed by atoms with Crippen LogP contribution in [0.4, 0.5) is 0 Å². The molecular formula is C15H28O2. The molecule has 0 heterocycles. The summed E-state index contributed by atoms with van der Waals surface area (Å²) < 4.78 is 0. The molecule has 2 N–H and O–H groups in total. The number of aliphatic hydroxyl groups excluding tert-OH is 1. The van der Waals surface area contributed by atoms with Gasteiger partial charge in [0.1, 0.15) is 0 Å². The van der Waals surface area contributed by atoms with Gasteiger partial charge in [0.2, 0.25) is 0 Å². The molecule has 0 spiro atoms. The number of rotatable bonds is 4. The summed E-state index contributed by atoms with van der Waals surface area (Å²) in [5.74, 6) is 0.760. The van der Waals surface area contributed by atoms with Gasteiger partial charge in [-0.1, -0.05) is 19.1 Å². The third kappa shape index (κ3) is 3.32. The van der Waals surface area contributed by atoms with Gasteiger partial charge in [0.25, 0.3) is 0 Å². The van der Waals surface area contributed by atoms with Crippen molar-refractivity contribution in [3.8, 4) is 0 Å². The highest BCUT2D eigenvalue weighted by molar-refractivity contribution is 5.07. The topological polar surface area (TPSA) is 40.5 Å². The summed E-state index contributed by atoms with van der Waals surface area (Å²) in [6.45, 7) is 12.5. The molecule has 2 nitrogen and oxygen atoms in total. The van der Waals surface area contributed by atoms with Crippen LogP contribution in [0, 0.1) is 17.3 Å². The van der Waals surface area contributed by atoms with Gasteiger partial charge in [0, 0.05) is 6.61 Å². The Morgan fingerprint density at radius 1 is 1.47 bits per heavy atom. The molecule has 3 atom stereocenters. The van der Waals surface area contributed by atoms with E-state index in [0.29, 0.717) is 11.8 Å². The van der Waals surface area contributed by atoms with E-state index in [1.807, 2.05) is 13.8 Å². The minimum absolute atomic E-state index is 0.155. The van der Waals surface area contributed by atoms with E-state index in [1.54, 1.807) is 0 Å². The van der Waals surface area contributed by atoms with Gasteiger partial charge < -0.3 is 10.2 Å². The van der Waals surface area contributed by atoms with Crippen LogP contribution in [0.3, 0.4) is 0 Å². The maximum Gasteiger partial charge on any atom is 0.0620 e. The number of hydrogen-bond donors (Lipinski definition) is 2. The second-order valence-electron chi connectivity index (χ2n) is 6.65. The number of hydrogen-bond acceptors (Lipinski definition) is 2. The maximum absolute atomic E-state index is 10.2. The van der Waals surface area contributed by atoms with Crippen LogP contribution in [0.15, 0.2) is 12.2 Å². The lowest BCUT2D eigenvalue weighted by atomic mass is 9.59. The first-order valence-corrected chi connectivity index (χ1v) is 6.69. The summed E-state index contributed by atoms with van der Waals surface area (Å²) in [6.07, 6.45) is 3.95. The first-order chi connectivity index (χ1) is 7.70. The van der Waals surface area contributed by atoms with Gasteiger partial charge in [-0.15, -0.1) is 0 Å². The summed E-state index contributed by atoms with van der Waals surface area (Å²) in [4.78, 5) is 0. The molecule has 0 bridgehead atoms. The molecule has 17 heavy (non-hydrogen) atoms. The summed E-state index contributed by atoms with van der Waals surface area (Å²) in [5.41, 5.74) is 0.742. The first kappa shape index (κ1) is 14.7. The molecule has 0 aromatic rings. The first-order valence-electron chi connectivity index (χ1n) is 6.69. The van der Waals surface area contributed by atoms with Crippen molar-refractivity contribution >= 4 is 0 Å². The minimum Gasteiger partial charge on any atom is -0.396 e. The Balaban J connectivity index is 2.85. The van der Waals surface area contributed by atoms with E-state index in [9.17, 15) is 10.2 Å². The molecule has 1 rings (SSSR count). The lowest BCUT2D eigenvalue weighted by Crippen LogP contribution is -2.42. The van der Waals surface area contributed by atoms with Crippen LogP contribution in [0.5, 0.6) is 0 Å². The average molecular weight is 240 g/mol. The molecule has 0 aromatic heterocycles. The molecule has 0 saturated heterocycles. The molecule has 0 aromatic carbocycles. The van der Waals surface area contributed by atoms with E-state index in [-0.39, 0.29) is 12.0 Å². The quantitative estimate of drug-likeness (QED) is 0.741. The zero-order chi connectivity index (χ0) is 13.3. The standard InChI is InChI=1S/C15H28O2/c1-11(2)13-10-12(14(3,4)17)6-7-15(13,5)8-9-16/h12-13,16-17H,1,6-10H2,2-5H3/t12-,13+,15+/m1/s1. The van der Waals surface area contributed by atoms with Gasteiger partial charge in [-0.2, -0.15) is 0 Å². The van der Waals surface area contributed by atoms with E-state index in [1.165, 1.54) is 5.57 Å². The van der Waals surface area contributed by atoms with E-state index < -0.39 is 5.60 Å². The molecule has 2 heteroatoms. The van der Waals surface area contributed by atoms with Crippen LogP contribution in [0.2, 0.25) is 0 Å². The van der Waals surface area contributed by atoms with Gasteiger partial charge in [-0.3, -0.25) is 0 Å². The third-order valence-corrected chi connectivity index (χ3v) is 4.70.